The molecule has 1 aromatic rings. The maximum Gasteiger partial charge on any atom is 0.323 e. The molecule has 1 aromatic heterocycles. The molecule has 0 aliphatic carbocycles. The number of nitrogens with one attached hydrogen (secondary N) is 1. The molecule has 1 N–H and O–H groups in total. The molecule has 116 valence electrons. The number of nitrogens with zero attached hydrogens (tertiary/aromatic N) is 4. The lowest BCUT2D eigenvalue weighted by molar-refractivity contribution is 0.247. The number of hydrogen-bond acceptors (Lipinski definition) is 5. The summed E-state index contributed by atoms with van der Waals surface area (Å²) in [5.41, 5.74) is -1.02. The number of hydrogen-bond donors (Lipinski definition) is 1. The fourth-order valence-corrected chi connectivity index (χ4v) is 2.77. The van der Waals surface area contributed by atoms with Gasteiger partial charge in [0.25, 0.3) is 0 Å². The molecule has 21 heavy (non-hydrogen) atoms. The van der Waals surface area contributed by atoms with Crippen LogP contribution in [0.5, 0.6) is 0 Å². The highest BCUT2D eigenvalue weighted by Gasteiger charge is 2.42. The van der Waals surface area contributed by atoms with E-state index in [0.717, 1.165) is 5.01 Å². The van der Waals surface area contributed by atoms with Crippen molar-refractivity contribution in [1.29, 1.82) is 5.26 Å². The highest BCUT2D eigenvalue weighted by Crippen LogP contribution is 2.43. The number of amides is 2. The SMILES string of the molecule is CCNC(=O)N(CC)c1nnc(C(C)(C)C(C)(C)C#N)s1. The fraction of sp³-hybridized carbons (Fsp3) is 0.714. The van der Waals surface area contributed by atoms with Crippen LogP contribution in [0, 0.1) is 16.7 Å². The van der Waals surface area contributed by atoms with Crippen LogP contribution in [-0.2, 0) is 5.41 Å². The van der Waals surface area contributed by atoms with Gasteiger partial charge in [0.1, 0.15) is 5.01 Å². The molecule has 0 aliphatic heterocycles. The van der Waals surface area contributed by atoms with Gasteiger partial charge in [-0.25, -0.2) is 4.79 Å². The molecule has 0 aliphatic rings. The van der Waals surface area contributed by atoms with Gasteiger partial charge in [0, 0.05) is 18.5 Å². The minimum absolute atomic E-state index is 0.181. The van der Waals surface area contributed by atoms with E-state index in [1.807, 2.05) is 41.5 Å². The van der Waals surface area contributed by atoms with Crippen LogP contribution in [-0.4, -0.2) is 29.3 Å². The van der Waals surface area contributed by atoms with Gasteiger partial charge in [-0.15, -0.1) is 10.2 Å². The molecule has 0 bridgehead atoms. The average Bonchev–Trinajstić information content (AvgIpc) is 2.89. The predicted molar refractivity (Wildman–Crippen MR) is 84.4 cm³/mol. The maximum absolute atomic E-state index is 12.0. The van der Waals surface area contributed by atoms with Crippen molar-refractivity contribution in [2.45, 2.75) is 47.0 Å². The van der Waals surface area contributed by atoms with E-state index in [1.54, 1.807) is 4.90 Å². The minimum Gasteiger partial charge on any atom is -0.338 e. The largest absolute Gasteiger partial charge is 0.338 e. The normalized spacial score (nSPS) is 11.9. The Kier molecular flexibility index (Phi) is 5.29. The Labute approximate surface area is 130 Å². The summed E-state index contributed by atoms with van der Waals surface area (Å²) in [5.74, 6) is 0. The van der Waals surface area contributed by atoms with Gasteiger partial charge in [0.05, 0.1) is 11.5 Å². The first-order valence-corrected chi connectivity index (χ1v) is 7.83. The number of carbonyl (C=O) groups is 1. The molecular formula is C14H23N5OS. The van der Waals surface area contributed by atoms with E-state index in [9.17, 15) is 10.1 Å². The van der Waals surface area contributed by atoms with Crippen LogP contribution in [0.25, 0.3) is 0 Å². The van der Waals surface area contributed by atoms with Crippen LogP contribution >= 0.6 is 11.3 Å². The first kappa shape index (κ1) is 17.4. The Balaban J connectivity index is 3.11. The highest BCUT2D eigenvalue weighted by molar-refractivity contribution is 7.15. The number of rotatable bonds is 5. The monoisotopic (exact) mass is 309 g/mol. The summed E-state index contributed by atoms with van der Waals surface area (Å²) in [7, 11) is 0. The van der Waals surface area contributed by atoms with E-state index in [-0.39, 0.29) is 6.03 Å². The molecule has 0 atom stereocenters. The molecule has 6 nitrogen and oxygen atoms in total. The van der Waals surface area contributed by atoms with Crippen molar-refractivity contribution < 1.29 is 4.79 Å². The molecular weight excluding hydrogens is 286 g/mol. The number of aromatic nitrogens is 2. The van der Waals surface area contributed by atoms with E-state index in [2.05, 4.69) is 21.6 Å². The van der Waals surface area contributed by atoms with Gasteiger partial charge in [-0.3, -0.25) is 4.90 Å². The quantitative estimate of drug-likeness (QED) is 0.906. The molecule has 0 radical (unpaired) electrons. The van der Waals surface area contributed by atoms with Gasteiger partial charge in [-0.2, -0.15) is 5.26 Å². The first-order valence-electron chi connectivity index (χ1n) is 7.01. The zero-order valence-electron chi connectivity index (χ0n) is 13.5. The maximum atomic E-state index is 12.0. The average molecular weight is 309 g/mol. The first-order chi connectivity index (χ1) is 9.71. The van der Waals surface area contributed by atoms with Crippen LogP contribution < -0.4 is 10.2 Å². The Morgan fingerprint density at radius 3 is 2.43 bits per heavy atom. The number of carbonyl (C=O) groups excluding carboxylic acids is 1. The number of nitriles is 1. The van der Waals surface area contributed by atoms with Crippen molar-refractivity contribution in [2.75, 3.05) is 18.0 Å². The molecule has 0 saturated heterocycles. The summed E-state index contributed by atoms with van der Waals surface area (Å²) >= 11 is 1.36. The van der Waals surface area contributed by atoms with Gasteiger partial charge < -0.3 is 5.32 Å². The summed E-state index contributed by atoms with van der Waals surface area (Å²) < 4.78 is 0. The van der Waals surface area contributed by atoms with Gasteiger partial charge >= 0.3 is 6.03 Å². The predicted octanol–water partition coefficient (Wildman–Crippen LogP) is 2.92. The van der Waals surface area contributed by atoms with Crippen LogP contribution in [0.3, 0.4) is 0 Å². The fourth-order valence-electron chi connectivity index (χ4n) is 1.60. The van der Waals surface area contributed by atoms with Crippen molar-refractivity contribution >= 4 is 22.5 Å². The second kappa shape index (κ2) is 6.39. The third kappa shape index (κ3) is 3.32. The number of urea groups is 1. The van der Waals surface area contributed by atoms with Crippen molar-refractivity contribution in [3.05, 3.63) is 5.01 Å². The molecule has 0 unspecified atom stereocenters. The van der Waals surface area contributed by atoms with E-state index in [1.165, 1.54) is 11.3 Å². The van der Waals surface area contributed by atoms with Crippen LogP contribution in [0.1, 0.15) is 46.6 Å². The molecule has 0 saturated carbocycles. The highest BCUT2D eigenvalue weighted by atomic mass is 32.1. The molecule has 2 amide bonds. The van der Waals surface area contributed by atoms with Gasteiger partial charge in [0.15, 0.2) is 0 Å². The summed E-state index contributed by atoms with van der Waals surface area (Å²) in [6.45, 7) is 12.6. The molecule has 7 heteroatoms. The molecule has 0 aromatic carbocycles. The lowest BCUT2D eigenvalue weighted by Gasteiger charge is -2.33. The van der Waals surface area contributed by atoms with Gasteiger partial charge in [-0.1, -0.05) is 25.2 Å². The van der Waals surface area contributed by atoms with Gasteiger partial charge in [-0.05, 0) is 27.7 Å². The van der Waals surface area contributed by atoms with E-state index < -0.39 is 10.8 Å². The van der Waals surface area contributed by atoms with E-state index in [0.29, 0.717) is 18.2 Å². The second-order valence-electron chi connectivity index (χ2n) is 5.83. The summed E-state index contributed by atoms with van der Waals surface area (Å²) in [4.78, 5) is 13.5. The summed E-state index contributed by atoms with van der Waals surface area (Å²) in [5, 5.41) is 21.8. The van der Waals surface area contributed by atoms with Crippen LogP contribution in [0.15, 0.2) is 0 Å². The standard InChI is InChI=1S/C14H23N5OS/c1-7-16-11(20)19(8-2)12-18-17-10(21-12)14(5,6)13(3,4)9-15/h7-8H2,1-6H3,(H,16,20). The molecule has 0 fully saturated rings. The van der Waals surface area contributed by atoms with Crippen molar-refractivity contribution in [2.24, 2.45) is 5.41 Å². The Morgan fingerprint density at radius 1 is 1.33 bits per heavy atom. The van der Waals surface area contributed by atoms with Gasteiger partial charge in [0.2, 0.25) is 5.13 Å². The molecule has 1 rings (SSSR count). The Hall–Kier alpha value is -1.68. The van der Waals surface area contributed by atoms with Crippen molar-refractivity contribution in [3.8, 4) is 6.07 Å². The van der Waals surface area contributed by atoms with E-state index in [4.69, 9.17) is 0 Å². The minimum atomic E-state index is -0.577. The molecule has 1 heterocycles. The summed E-state index contributed by atoms with van der Waals surface area (Å²) in [6.07, 6.45) is 0. The third-order valence-electron chi connectivity index (χ3n) is 3.91. The van der Waals surface area contributed by atoms with E-state index >= 15 is 0 Å². The third-order valence-corrected chi connectivity index (χ3v) is 5.18. The smallest absolute Gasteiger partial charge is 0.323 e. The molecule has 0 spiro atoms. The summed E-state index contributed by atoms with van der Waals surface area (Å²) in [6, 6.07) is 2.14. The lowest BCUT2D eigenvalue weighted by Crippen LogP contribution is -2.39. The van der Waals surface area contributed by atoms with Crippen molar-refractivity contribution in [3.63, 3.8) is 0 Å². The second-order valence-corrected chi connectivity index (χ2v) is 6.79. The zero-order valence-corrected chi connectivity index (χ0v) is 14.3. The lowest BCUT2D eigenvalue weighted by atomic mass is 9.69. The Morgan fingerprint density at radius 2 is 1.95 bits per heavy atom. The topological polar surface area (TPSA) is 81.9 Å². The van der Waals surface area contributed by atoms with Crippen LogP contribution in [0.2, 0.25) is 0 Å². The zero-order chi connectivity index (χ0) is 16.3. The van der Waals surface area contributed by atoms with Crippen molar-refractivity contribution in [1.82, 2.24) is 15.5 Å². The number of anilines is 1. The van der Waals surface area contributed by atoms with Crippen LogP contribution in [0.4, 0.5) is 9.93 Å². The Bertz CT molecular complexity index is 544.